The molecule has 0 saturated carbocycles. The lowest BCUT2D eigenvalue weighted by molar-refractivity contribution is -0.128. The molecule has 1 aliphatic rings. The van der Waals surface area contributed by atoms with Crippen LogP contribution in [0.5, 0.6) is 0 Å². The number of amides is 2. The number of carbonyl (C=O) groups is 2. The zero-order valence-corrected chi connectivity index (χ0v) is 18.0. The third-order valence-corrected chi connectivity index (χ3v) is 6.56. The molecular weight excluding hydrogens is 392 g/mol. The molecule has 1 fully saturated rings. The van der Waals surface area contributed by atoms with Crippen molar-refractivity contribution in [1.29, 1.82) is 0 Å². The Bertz CT molecular complexity index is 869. The maximum absolute atomic E-state index is 13.0. The number of aryl methyl sites for hydroxylation is 1. The smallest absolute Gasteiger partial charge is 0.255 e. The van der Waals surface area contributed by atoms with E-state index in [0.717, 1.165) is 5.56 Å². The van der Waals surface area contributed by atoms with Gasteiger partial charge in [-0.15, -0.1) is 11.8 Å². The van der Waals surface area contributed by atoms with Gasteiger partial charge >= 0.3 is 0 Å². The van der Waals surface area contributed by atoms with Crippen LogP contribution in [0.1, 0.15) is 40.7 Å². The SMILES string of the molecule is Cc1ccccc1C1SCC(=O)N1CCN(C(=O)c1ccccc1Cl)C(C)C. The second-order valence-corrected chi connectivity index (χ2v) is 8.65. The van der Waals surface area contributed by atoms with Crippen LogP contribution in [0.25, 0.3) is 0 Å². The van der Waals surface area contributed by atoms with Crippen molar-refractivity contribution in [3.05, 3.63) is 70.2 Å². The summed E-state index contributed by atoms with van der Waals surface area (Å²) in [7, 11) is 0. The second-order valence-electron chi connectivity index (χ2n) is 7.18. The van der Waals surface area contributed by atoms with Gasteiger partial charge in [0.15, 0.2) is 0 Å². The minimum atomic E-state index is -0.104. The van der Waals surface area contributed by atoms with Gasteiger partial charge in [0.2, 0.25) is 5.91 Å². The number of hydrogen-bond donors (Lipinski definition) is 0. The van der Waals surface area contributed by atoms with Crippen LogP contribution in [0.15, 0.2) is 48.5 Å². The van der Waals surface area contributed by atoms with E-state index in [4.69, 9.17) is 11.6 Å². The molecule has 0 spiro atoms. The Balaban J connectivity index is 1.77. The van der Waals surface area contributed by atoms with E-state index in [1.807, 2.05) is 43.0 Å². The summed E-state index contributed by atoms with van der Waals surface area (Å²) < 4.78 is 0. The van der Waals surface area contributed by atoms with Gasteiger partial charge in [0.05, 0.1) is 16.3 Å². The molecule has 0 N–H and O–H groups in total. The average molecular weight is 417 g/mol. The van der Waals surface area contributed by atoms with Gasteiger partial charge in [0.25, 0.3) is 5.91 Å². The molecule has 0 aromatic heterocycles. The maximum Gasteiger partial charge on any atom is 0.255 e. The Labute approximate surface area is 175 Å². The Morgan fingerprint density at radius 2 is 1.89 bits per heavy atom. The summed E-state index contributed by atoms with van der Waals surface area (Å²) in [6.07, 6.45) is 0. The number of benzene rings is 2. The summed E-state index contributed by atoms with van der Waals surface area (Å²) in [5.74, 6) is 0.485. The van der Waals surface area contributed by atoms with Crippen molar-refractivity contribution >= 4 is 35.2 Å². The third-order valence-electron chi connectivity index (χ3n) is 4.99. The molecule has 0 radical (unpaired) electrons. The van der Waals surface area contributed by atoms with Crippen molar-refractivity contribution in [3.63, 3.8) is 0 Å². The van der Waals surface area contributed by atoms with Crippen LogP contribution in [0.3, 0.4) is 0 Å². The van der Waals surface area contributed by atoms with E-state index >= 15 is 0 Å². The van der Waals surface area contributed by atoms with E-state index in [-0.39, 0.29) is 23.2 Å². The van der Waals surface area contributed by atoms with Crippen LogP contribution in [0.2, 0.25) is 5.02 Å². The van der Waals surface area contributed by atoms with Crippen molar-refractivity contribution in [1.82, 2.24) is 9.80 Å². The van der Waals surface area contributed by atoms with Crippen molar-refractivity contribution in [3.8, 4) is 0 Å². The fourth-order valence-electron chi connectivity index (χ4n) is 3.42. The zero-order valence-electron chi connectivity index (χ0n) is 16.4. The normalized spacial score (nSPS) is 16.7. The Morgan fingerprint density at radius 1 is 1.21 bits per heavy atom. The number of carbonyl (C=O) groups excluding carboxylic acids is 2. The average Bonchev–Trinajstić information content (AvgIpc) is 3.03. The minimum absolute atomic E-state index is 0.00173. The van der Waals surface area contributed by atoms with Gasteiger partial charge in [-0.2, -0.15) is 0 Å². The summed E-state index contributed by atoms with van der Waals surface area (Å²) >= 11 is 7.87. The third kappa shape index (κ3) is 4.36. The Hall–Kier alpha value is -1.98. The predicted octanol–water partition coefficient (Wildman–Crippen LogP) is 4.77. The molecule has 1 aliphatic heterocycles. The van der Waals surface area contributed by atoms with Crippen LogP contribution in [-0.4, -0.2) is 46.5 Å². The molecule has 1 saturated heterocycles. The number of nitrogens with zero attached hydrogens (tertiary/aromatic N) is 2. The lowest BCUT2D eigenvalue weighted by Gasteiger charge is -2.31. The lowest BCUT2D eigenvalue weighted by Crippen LogP contribution is -2.43. The largest absolute Gasteiger partial charge is 0.334 e. The van der Waals surface area contributed by atoms with Crippen LogP contribution in [-0.2, 0) is 4.79 Å². The van der Waals surface area contributed by atoms with Crippen LogP contribution in [0.4, 0.5) is 0 Å². The number of halogens is 1. The molecule has 1 atom stereocenters. The van der Waals surface area contributed by atoms with Gasteiger partial charge in [0.1, 0.15) is 5.37 Å². The highest BCUT2D eigenvalue weighted by Gasteiger charge is 2.34. The number of rotatable bonds is 6. The highest BCUT2D eigenvalue weighted by Crippen LogP contribution is 2.39. The summed E-state index contributed by atoms with van der Waals surface area (Å²) in [6, 6.07) is 15.3. The van der Waals surface area contributed by atoms with Crippen LogP contribution < -0.4 is 0 Å². The van der Waals surface area contributed by atoms with Crippen molar-refractivity contribution in [2.24, 2.45) is 0 Å². The molecule has 2 aromatic rings. The van der Waals surface area contributed by atoms with E-state index in [0.29, 0.717) is 29.4 Å². The first-order valence-corrected chi connectivity index (χ1v) is 10.8. The van der Waals surface area contributed by atoms with Gasteiger partial charge in [-0.25, -0.2) is 0 Å². The van der Waals surface area contributed by atoms with Gasteiger partial charge in [-0.05, 0) is 44.0 Å². The maximum atomic E-state index is 13.0. The van der Waals surface area contributed by atoms with Gasteiger partial charge in [-0.3, -0.25) is 9.59 Å². The number of hydrogen-bond acceptors (Lipinski definition) is 3. The van der Waals surface area contributed by atoms with Crippen molar-refractivity contribution in [2.75, 3.05) is 18.8 Å². The Kier molecular flexibility index (Phi) is 6.68. The predicted molar refractivity (Wildman–Crippen MR) is 116 cm³/mol. The first-order valence-electron chi connectivity index (χ1n) is 9.42. The van der Waals surface area contributed by atoms with Crippen LogP contribution >= 0.6 is 23.4 Å². The topological polar surface area (TPSA) is 40.6 Å². The molecule has 6 heteroatoms. The molecule has 2 aromatic carbocycles. The molecule has 3 rings (SSSR count). The zero-order chi connectivity index (χ0) is 20.3. The van der Waals surface area contributed by atoms with E-state index in [9.17, 15) is 9.59 Å². The van der Waals surface area contributed by atoms with Crippen molar-refractivity contribution < 1.29 is 9.59 Å². The van der Waals surface area contributed by atoms with Crippen molar-refractivity contribution in [2.45, 2.75) is 32.2 Å². The fourth-order valence-corrected chi connectivity index (χ4v) is 4.95. The van der Waals surface area contributed by atoms with E-state index in [1.165, 1.54) is 5.56 Å². The van der Waals surface area contributed by atoms with Crippen LogP contribution in [0, 0.1) is 6.92 Å². The minimum Gasteiger partial charge on any atom is -0.334 e. The second kappa shape index (κ2) is 9.01. The molecule has 0 bridgehead atoms. The Morgan fingerprint density at radius 3 is 2.57 bits per heavy atom. The summed E-state index contributed by atoms with van der Waals surface area (Å²) in [4.78, 5) is 29.2. The standard InChI is InChI=1S/C22H25ClN2O2S/c1-15(2)24(21(27)18-10-6-7-11-19(18)23)12-13-25-20(26)14-28-22(25)17-9-5-4-8-16(17)3/h4-11,15,22H,12-14H2,1-3H3. The molecule has 0 aliphatic carbocycles. The molecule has 1 heterocycles. The monoisotopic (exact) mass is 416 g/mol. The first-order chi connectivity index (χ1) is 13.4. The van der Waals surface area contributed by atoms with E-state index in [1.54, 1.807) is 28.8 Å². The lowest BCUT2D eigenvalue weighted by atomic mass is 10.1. The highest BCUT2D eigenvalue weighted by atomic mass is 35.5. The molecule has 1 unspecified atom stereocenters. The van der Waals surface area contributed by atoms with Gasteiger partial charge < -0.3 is 9.80 Å². The fraction of sp³-hybridized carbons (Fsp3) is 0.364. The van der Waals surface area contributed by atoms with Gasteiger partial charge in [0, 0.05) is 19.1 Å². The quantitative estimate of drug-likeness (QED) is 0.680. The van der Waals surface area contributed by atoms with E-state index < -0.39 is 0 Å². The number of thioether (sulfide) groups is 1. The molecule has 4 nitrogen and oxygen atoms in total. The first kappa shape index (κ1) is 20.7. The summed E-state index contributed by atoms with van der Waals surface area (Å²) in [5, 5.41) is 0.446. The van der Waals surface area contributed by atoms with Gasteiger partial charge in [-0.1, -0.05) is 48.0 Å². The molecule has 148 valence electrons. The summed E-state index contributed by atoms with van der Waals surface area (Å²) in [5.41, 5.74) is 2.83. The van der Waals surface area contributed by atoms with E-state index in [2.05, 4.69) is 19.1 Å². The molecular formula is C22H25ClN2O2S. The highest BCUT2D eigenvalue weighted by molar-refractivity contribution is 8.00. The molecule has 2 amide bonds. The molecule has 28 heavy (non-hydrogen) atoms. The summed E-state index contributed by atoms with van der Waals surface area (Å²) in [6.45, 7) is 7.00.